The number of rotatable bonds is 11. The van der Waals surface area contributed by atoms with E-state index in [9.17, 15) is 24.1 Å². The Morgan fingerprint density at radius 1 is 1.27 bits per heavy atom. The van der Waals surface area contributed by atoms with Gasteiger partial charge >= 0.3 is 19.4 Å². The first-order chi connectivity index (χ1) is 19.3. The zero-order valence-electron chi connectivity index (χ0n) is 22.5. The van der Waals surface area contributed by atoms with Gasteiger partial charge in [0.2, 0.25) is 0 Å². The molecular formula is C24H30FN6O9P. The van der Waals surface area contributed by atoms with Crippen LogP contribution in [0.25, 0.3) is 5.69 Å². The molecular weight excluding hydrogens is 566 g/mol. The summed E-state index contributed by atoms with van der Waals surface area (Å²) in [5.74, 6) is -0.657. The van der Waals surface area contributed by atoms with E-state index < -0.39 is 67.8 Å². The fraction of sp³-hybridized carbons (Fsp3) is 0.458. The van der Waals surface area contributed by atoms with Gasteiger partial charge in [0.25, 0.3) is 5.56 Å². The van der Waals surface area contributed by atoms with Crippen molar-refractivity contribution < 1.29 is 37.4 Å². The summed E-state index contributed by atoms with van der Waals surface area (Å²) in [7, 11) is -4.41. The van der Waals surface area contributed by atoms with Crippen molar-refractivity contribution in [2.45, 2.75) is 63.9 Å². The van der Waals surface area contributed by atoms with E-state index in [4.69, 9.17) is 18.5 Å². The molecule has 1 fully saturated rings. The van der Waals surface area contributed by atoms with Crippen LogP contribution in [0.2, 0.25) is 0 Å². The van der Waals surface area contributed by atoms with Gasteiger partial charge in [0.1, 0.15) is 36.7 Å². The van der Waals surface area contributed by atoms with Gasteiger partial charge in [0.15, 0.2) is 11.9 Å². The summed E-state index contributed by atoms with van der Waals surface area (Å²) < 4.78 is 53.6. The van der Waals surface area contributed by atoms with Crippen molar-refractivity contribution >= 4 is 13.7 Å². The van der Waals surface area contributed by atoms with Crippen molar-refractivity contribution in [3.8, 4) is 11.4 Å². The molecule has 4 rings (SSSR count). The van der Waals surface area contributed by atoms with Crippen molar-refractivity contribution in [2.24, 2.45) is 0 Å². The van der Waals surface area contributed by atoms with Crippen molar-refractivity contribution in [1.82, 2.24) is 29.4 Å². The number of benzene rings is 1. The Hall–Kier alpha value is -3.69. The molecule has 17 heteroatoms. The van der Waals surface area contributed by atoms with Gasteiger partial charge in [0.05, 0.1) is 18.4 Å². The zero-order valence-corrected chi connectivity index (χ0v) is 23.4. The number of carbonyl (C=O) groups is 1. The van der Waals surface area contributed by atoms with Crippen LogP contribution in [0, 0.1) is 0 Å². The Balaban J connectivity index is 1.54. The number of hydrogen-bond acceptors (Lipinski definition) is 11. The standard InChI is InChI=1S/C24H30FN6O9P/c1-14(2)38-21(34)15(3)29-41(36,40-17-7-5-16(6-8-17)31-13-26-12-27-31)37-11-18-20(33)24(4,25)22(39-18)30-10-9-19(32)28-23(30)35/h5-10,12-15,18,20,22,33H,11H2,1-4H3,(H,29,36)(H,28,32,35)/t15-,18+,20+,22+,24+,41?/m0/s1. The number of esters is 1. The first kappa shape index (κ1) is 30.3. The quantitative estimate of drug-likeness (QED) is 0.212. The average molecular weight is 597 g/mol. The lowest BCUT2D eigenvalue weighted by atomic mass is 9.98. The molecule has 1 aliphatic rings. The van der Waals surface area contributed by atoms with Crippen molar-refractivity contribution in [2.75, 3.05) is 6.61 Å². The topological polar surface area (TPSA) is 189 Å². The normalized spacial score (nSPS) is 24.6. The van der Waals surface area contributed by atoms with Crippen LogP contribution in [0.5, 0.6) is 5.75 Å². The lowest BCUT2D eigenvalue weighted by Crippen LogP contribution is -2.43. The largest absolute Gasteiger partial charge is 0.462 e. The predicted molar refractivity (Wildman–Crippen MR) is 140 cm³/mol. The van der Waals surface area contributed by atoms with Gasteiger partial charge in [-0.3, -0.25) is 23.7 Å². The third-order valence-corrected chi connectivity index (χ3v) is 7.68. The first-order valence-corrected chi connectivity index (χ1v) is 14.0. The smallest absolute Gasteiger partial charge is 0.459 e. The molecule has 3 N–H and O–H groups in total. The van der Waals surface area contributed by atoms with E-state index in [0.717, 1.165) is 23.8 Å². The third kappa shape index (κ3) is 6.97. The molecule has 0 spiro atoms. The van der Waals surface area contributed by atoms with Gasteiger partial charge in [-0.05, 0) is 52.0 Å². The molecule has 0 saturated carbocycles. The summed E-state index contributed by atoms with van der Waals surface area (Å²) in [5, 5.41) is 17.2. The molecule has 3 heterocycles. The SMILES string of the molecule is CC(C)OC(=O)[C@H](C)NP(=O)(OC[C@H]1O[C@@H](n2ccc(=O)[nH]c2=O)[C@](C)(F)[C@@H]1O)Oc1ccc(-n2cncn2)cc1. The summed E-state index contributed by atoms with van der Waals surface area (Å²) in [6.45, 7) is 5.00. The van der Waals surface area contributed by atoms with Gasteiger partial charge in [-0.15, -0.1) is 0 Å². The number of nitrogens with zero attached hydrogens (tertiary/aromatic N) is 4. The summed E-state index contributed by atoms with van der Waals surface area (Å²) in [6, 6.07) is 6.00. The molecule has 1 saturated heterocycles. The number of halogens is 1. The Kier molecular flexibility index (Phi) is 8.89. The number of hydrogen-bond donors (Lipinski definition) is 3. The van der Waals surface area contributed by atoms with E-state index in [1.165, 1.54) is 36.4 Å². The Morgan fingerprint density at radius 3 is 2.59 bits per heavy atom. The number of aromatic nitrogens is 5. The second kappa shape index (κ2) is 12.0. The number of aromatic amines is 1. The lowest BCUT2D eigenvalue weighted by molar-refractivity contribution is -0.149. The number of nitrogens with one attached hydrogen (secondary N) is 2. The Morgan fingerprint density at radius 2 is 1.98 bits per heavy atom. The number of carbonyl (C=O) groups excluding carboxylic acids is 1. The number of ether oxygens (including phenoxy) is 2. The molecule has 1 aromatic carbocycles. The van der Waals surface area contributed by atoms with Crippen LogP contribution in [0.15, 0.2) is 58.8 Å². The maximum absolute atomic E-state index is 15.6. The van der Waals surface area contributed by atoms with Gasteiger partial charge < -0.3 is 19.1 Å². The summed E-state index contributed by atoms with van der Waals surface area (Å²) in [6.07, 6.45) is -1.50. The summed E-state index contributed by atoms with van der Waals surface area (Å²) in [4.78, 5) is 41.9. The van der Waals surface area contributed by atoms with Crippen LogP contribution in [-0.2, 0) is 23.4 Å². The van der Waals surface area contributed by atoms with Crippen molar-refractivity contribution in [1.29, 1.82) is 0 Å². The van der Waals surface area contributed by atoms with Gasteiger partial charge in [-0.2, -0.15) is 10.2 Å². The van der Waals surface area contributed by atoms with E-state index in [2.05, 4.69) is 15.2 Å². The molecule has 222 valence electrons. The van der Waals surface area contributed by atoms with Crippen LogP contribution in [0.4, 0.5) is 4.39 Å². The van der Waals surface area contributed by atoms with Gasteiger partial charge in [-0.25, -0.2) is 23.4 Å². The highest BCUT2D eigenvalue weighted by Crippen LogP contribution is 2.47. The van der Waals surface area contributed by atoms with Crippen molar-refractivity contribution in [3.05, 3.63) is 70.0 Å². The molecule has 1 aliphatic heterocycles. The molecule has 2 aromatic heterocycles. The summed E-state index contributed by atoms with van der Waals surface area (Å²) in [5.41, 5.74) is -3.54. The monoisotopic (exact) mass is 596 g/mol. The molecule has 1 unspecified atom stereocenters. The van der Waals surface area contributed by atoms with Crippen LogP contribution in [0.3, 0.4) is 0 Å². The van der Waals surface area contributed by atoms with Crippen LogP contribution >= 0.6 is 7.75 Å². The van der Waals surface area contributed by atoms with E-state index in [-0.39, 0.29) is 5.75 Å². The molecule has 6 atom stereocenters. The third-order valence-electron chi connectivity index (χ3n) is 6.03. The van der Waals surface area contributed by atoms with E-state index in [1.807, 2.05) is 4.98 Å². The maximum atomic E-state index is 15.6. The minimum Gasteiger partial charge on any atom is -0.462 e. The Bertz CT molecular complexity index is 1510. The molecule has 0 aliphatic carbocycles. The van der Waals surface area contributed by atoms with Crippen molar-refractivity contribution in [3.63, 3.8) is 0 Å². The summed E-state index contributed by atoms with van der Waals surface area (Å²) >= 11 is 0. The molecule has 15 nitrogen and oxygen atoms in total. The number of alkyl halides is 1. The van der Waals surface area contributed by atoms with Crippen LogP contribution in [0.1, 0.15) is 33.9 Å². The number of aliphatic hydroxyl groups excluding tert-OH is 1. The molecule has 0 bridgehead atoms. The van der Waals surface area contributed by atoms with E-state index in [1.54, 1.807) is 26.0 Å². The number of aliphatic hydroxyl groups is 1. The molecule has 41 heavy (non-hydrogen) atoms. The number of H-pyrrole nitrogens is 1. The minimum absolute atomic E-state index is 0.0787. The highest BCUT2D eigenvalue weighted by molar-refractivity contribution is 7.52. The van der Waals surface area contributed by atoms with E-state index >= 15 is 4.39 Å². The second-order valence-corrected chi connectivity index (χ2v) is 11.4. The van der Waals surface area contributed by atoms with Crippen LogP contribution in [-0.4, -0.2) is 72.0 Å². The first-order valence-electron chi connectivity index (χ1n) is 12.5. The second-order valence-electron chi connectivity index (χ2n) is 9.70. The highest BCUT2D eigenvalue weighted by Gasteiger charge is 2.56. The van der Waals surface area contributed by atoms with Gasteiger partial charge in [-0.1, -0.05) is 0 Å². The zero-order chi connectivity index (χ0) is 29.9. The molecule has 0 amide bonds. The van der Waals surface area contributed by atoms with E-state index in [0.29, 0.717) is 5.69 Å². The fourth-order valence-electron chi connectivity index (χ4n) is 3.99. The minimum atomic E-state index is -4.41. The highest BCUT2D eigenvalue weighted by atomic mass is 31.2. The predicted octanol–water partition coefficient (Wildman–Crippen LogP) is 1.24. The Labute approximate surface area is 232 Å². The molecule has 3 aromatic rings. The fourth-order valence-corrected chi connectivity index (χ4v) is 5.49. The maximum Gasteiger partial charge on any atom is 0.459 e. The van der Waals surface area contributed by atoms with Gasteiger partial charge in [0, 0.05) is 12.3 Å². The average Bonchev–Trinajstić information content (AvgIpc) is 3.51. The lowest BCUT2D eigenvalue weighted by Gasteiger charge is -2.25. The van der Waals surface area contributed by atoms with Crippen LogP contribution < -0.4 is 20.9 Å². The molecule has 0 radical (unpaired) electrons.